The Morgan fingerprint density at radius 1 is 1.33 bits per heavy atom. The van der Waals surface area contributed by atoms with Gasteiger partial charge in [-0.3, -0.25) is 0 Å². The third-order valence-electron chi connectivity index (χ3n) is 3.44. The summed E-state index contributed by atoms with van der Waals surface area (Å²) in [5.41, 5.74) is 6.04. The van der Waals surface area contributed by atoms with Crippen LogP contribution in [0.3, 0.4) is 0 Å². The van der Waals surface area contributed by atoms with Gasteiger partial charge in [0.05, 0.1) is 5.54 Å². The minimum atomic E-state index is -2.88. The van der Waals surface area contributed by atoms with Crippen LogP contribution in [0, 0.1) is 0 Å². The zero-order valence-electron chi connectivity index (χ0n) is 11.8. The quantitative estimate of drug-likeness (QED) is 0.885. The summed E-state index contributed by atoms with van der Waals surface area (Å²) < 4.78 is 34.0. The van der Waals surface area contributed by atoms with Crippen molar-refractivity contribution in [2.45, 2.75) is 38.8 Å². The van der Waals surface area contributed by atoms with Gasteiger partial charge in [0.2, 0.25) is 0 Å². The lowest BCUT2D eigenvalue weighted by Gasteiger charge is -2.21. The van der Waals surface area contributed by atoms with Crippen molar-refractivity contribution in [1.29, 1.82) is 0 Å². The number of hydrogen-bond acceptors (Lipinski definition) is 5. The molecule has 0 atom stereocenters. The third kappa shape index (κ3) is 3.36. The molecule has 1 aromatic heterocycles. The van der Waals surface area contributed by atoms with Crippen molar-refractivity contribution in [2.24, 2.45) is 5.73 Å². The fourth-order valence-corrected chi connectivity index (χ4v) is 1.91. The molecular weight excluding hydrogens is 280 g/mol. The number of ether oxygens (including phenoxy) is 1. The van der Waals surface area contributed by atoms with Crippen LogP contribution in [0.4, 0.5) is 8.78 Å². The summed E-state index contributed by atoms with van der Waals surface area (Å²) in [6.45, 7) is 1.00. The molecule has 0 aliphatic rings. The Labute approximate surface area is 121 Å². The van der Waals surface area contributed by atoms with Gasteiger partial charge < -0.3 is 15.0 Å². The first-order valence-corrected chi connectivity index (χ1v) is 6.67. The predicted octanol–water partition coefficient (Wildman–Crippen LogP) is 3.31. The minimum Gasteiger partial charge on any atom is -0.435 e. The number of aromatic nitrogens is 2. The van der Waals surface area contributed by atoms with E-state index in [-0.39, 0.29) is 11.6 Å². The summed E-state index contributed by atoms with van der Waals surface area (Å²) in [7, 11) is 0. The van der Waals surface area contributed by atoms with E-state index in [9.17, 15) is 8.78 Å². The first-order valence-electron chi connectivity index (χ1n) is 6.67. The van der Waals surface area contributed by atoms with E-state index >= 15 is 0 Å². The van der Waals surface area contributed by atoms with Crippen molar-refractivity contribution in [3.8, 4) is 17.2 Å². The first-order chi connectivity index (χ1) is 9.98. The molecule has 0 radical (unpaired) electrons. The number of alkyl halides is 2. The zero-order valence-corrected chi connectivity index (χ0v) is 11.8. The maximum atomic E-state index is 12.2. The minimum absolute atomic E-state index is 0.0345. The highest BCUT2D eigenvalue weighted by atomic mass is 19.3. The molecule has 0 aliphatic carbocycles. The molecule has 7 heteroatoms. The number of nitrogens with two attached hydrogens (primary N) is 1. The maximum Gasteiger partial charge on any atom is 0.387 e. The van der Waals surface area contributed by atoms with Gasteiger partial charge in [0, 0.05) is 5.56 Å². The van der Waals surface area contributed by atoms with Crippen LogP contribution in [0.25, 0.3) is 11.5 Å². The zero-order chi connectivity index (χ0) is 15.5. The number of hydrogen-bond donors (Lipinski definition) is 1. The Balaban J connectivity index is 2.29. The highest BCUT2D eigenvalue weighted by molar-refractivity contribution is 5.55. The maximum absolute atomic E-state index is 12.2. The summed E-state index contributed by atoms with van der Waals surface area (Å²) in [5.74, 6) is 0.663. The van der Waals surface area contributed by atoms with Crippen molar-refractivity contribution < 1.29 is 18.0 Å². The third-order valence-corrected chi connectivity index (χ3v) is 3.44. The molecule has 21 heavy (non-hydrogen) atoms. The Morgan fingerprint density at radius 2 is 2.05 bits per heavy atom. The van der Waals surface area contributed by atoms with Gasteiger partial charge >= 0.3 is 6.61 Å². The molecule has 0 unspecified atom stereocenters. The van der Waals surface area contributed by atoms with E-state index in [0.717, 1.165) is 0 Å². The molecule has 0 bridgehead atoms. The number of benzene rings is 1. The molecule has 0 fully saturated rings. The molecule has 2 aromatic rings. The van der Waals surface area contributed by atoms with E-state index < -0.39 is 12.2 Å². The van der Waals surface area contributed by atoms with Crippen molar-refractivity contribution >= 4 is 0 Å². The fourth-order valence-electron chi connectivity index (χ4n) is 1.91. The standard InChI is InChI=1S/C14H17F2N3O2/c1-3-14(17,4-2)12-18-11(21-19-12)9-6-5-7-10(8-9)20-13(15)16/h5-8,13H,3-4,17H2,1-2H3. The molecule has 0 saturated heterocycles. The van der Waals surface area contributed by atoms with Crippen molar-refractivity contribution in [1.82, 2.24) is 10.1 Å². The van der Waals surface area contributed by atoms with Gasteiger partial charge in [-0.2, -0.15) is 13.8 Å². The van der Waals surface area contributed by atoms with Crippen molar-refractivity contribution in [2.75, 3.05) is 0 Å². The van der Waals surface area contributed by atoms with Gasteiger partial charge in [0.1, 0.15) is 5.75 Å². The predicted molar refractivity (Wildman–Crippen MR) is 72.8 cm³/mol. The fraction of sp³-hybridized carbons (Fsp3) is 0.429. The lowest BCUT2D eigenvalue weighted by molar-refractivity contribution is -0.0498. The molecule has 5 nitrogen and oxygen atoms in total. The molecule has 0 spiro atoms. The van der Waals surface area contributed by atoms with Crippen LogP contribution in [0.15, 0.2) is 28.8 Å². The highest BCUT2D eigenvalue weighted by Gasteiger charge is 2.29. The van der Waals surface area contributed by atoms with E-state index in [1.54, 1.807) is 12.1 Å². The monoisotopic (exact) mass is 297 g/mol. The van der Waals surface area contributed by atoms with Gasteiger partial charge in [-0.05, 0) is 31.0 Å². The lowest BCUT2D eigenvalue weighted by atomic mass is 9.93. The summed E-state index contributed by atoms with van der Waals surface area (Å²) >= 11 is 0. The lowest BCUT2D eigenvalue weighted by Crippen LogP contribution is -2.36. The van der Waals surface area contributed by atoms with Crippen LogP contribution in [0.5, 0.6) is 5.75 Å². The van der Waals surface area contributed by atoms with Gasteiger partial charge in [0.15, 0.2) is 5.82 Å². The van der Waals surface area contributed by atoms with Crippen LogP contribution in [-0.4, -0.2) is 16.8 Å². The van der Waals surface area contributed by atoms with Crippen LogP contribution >= 0.6 is 0 Å². The van der Waals surface area contributed by atoms with Crippen LogP contribution in [-0.2, 0) is 5.54 Å². The summed E-state index contributed by atoms with van der Waals surface area (Å²) in [4.78, 5) is 4.27. The molecule has 1 heterocycles. The SMILES string of the molecule is CCC(N)(CC)c1noc(-c2cccc(OC(F)F)c2)n1. The van der Waals surface area contributed by atoms with Gasteiger partial charge in [0.25, 0.3) is 5.89 Å². The van der Waals surface area contributed by atoms with E-state index in [0.29, 0.717) is 24.2 Å². The molecular formula is C14H17F2N3O2. The highest BCUT2D eigenvalue weighted by Crippen LogP contribution is 2.28. The molecule has 114 valence electrons. The Kier molecular flexibility index (Phi) is 4.52. The van der Waals surface area contributed by atoms with E-state index in [4.69, 9.17) is 10.3 Å². The molecule has 0 amide bonds. The molecule has 0 saturated carbocycles. The molecule has 2 rings (SSSR count). The van der Waals surface area contributed by atoms with Crippen LogP contribution in [0.1, 0.15) is 32.5 Å². The van der Waals surface area contributed by atoms with E-state index in [2.05, 4.69) is 14.9 Å². The number of rotatable bonds is 6. The van der Waals surface area contributed by atoms with Crippen molar-refractivity contribution in [3.05, 3.63) is 30.1 Å². The summed E-state index contributed by atoms with van der Waals surface area (Å²) in [5, 5.41) is 3.90. The Hall–Kier alpha value is -2.02. The average Bonchev–Trinajstić information content (AvgIpc) is 2.96. The molecule has 1 aromatic carbocycles. The van der Waals surface area contributed by atoms with Crippen LogP contribution in [0.2, 0.25) is 0 Å². The number of nitrogens with zero attached hydrogens (tertiary/aromatic N) is 2. The Bertz CT molecular complexity index is 597. The second kappa shape index (κ2) is 6.17. The Morgan fingerprint density at radius 3 is 2.67 bits per heavy atom. The second-order valence-electron chi connectivity index (χ2n) is 4.69. The summed E-state index contributed by atoms with van der Waals surface area (Å²) in [6, 6.07) is 6.09. The largest absolute Gasteiger partial charge is 0.435 e. The van der Waals surface area contributed by atoms with E-state index in [1.165, 1.54) is 12.1 Å². The topological polar surface area (TPSA) is 74.2 Å². The van der Waals surface area contributed by atoms with Gasteiger partial charge in [-0.1, -0.05) is 25.1 Å². The summed E-state index contributed by atoms with van der Waals surface area (Å²) in [6.07, 6.45) is 1.33. The second-order valence-corrected chi connectivity index (χ2v) is 4.69. The molecule has 0 aliphatic heterocycles. The van der Waals surface area contributed by atoms with Gasteiger partial charge in [-0.15, -0.1) is 0 Å². The van der Waals surface area contributed by atoms with Gasteiger partial charge in [-0.25, -0.2) is 0 Å². The smallest absolute Gasteiger partial charge is 0.387 e. The van der Waals surface area contributed by atoms with Crippen molar-refractivity contribution in [3.63, 3.8) is 0 Å². The normalized spacial score (nSPS) is 11.9. The van der Waals surface area contributed by atoms with Crippen LogP contribution < -0.4 is 10.5 Å². The molecule has 2 N–H and O–H groups in total. The first kappa shape index (κ1) is 15.4. The average molecular weight is 297 g/mol. The number of halogens is 2. The van der Waals surface area contributed by atoms with E-state index in [1.807, 2.05) is 13.8 Å².